The molecule has 1 saturated heterocycles. The van der Waals surface area contributed by atoms with Crippen molar-refractivity contribution >= 4 is 28.9 Å². The number of alkyl halides is 1. The van der Waals surface area contributed by atoms with Crippen molar-refractivity contribution in [1.82, 2.24) is 4.90 Å². The van der Waals surface area contributed by atoms with Gasteiger partial charge in [-0.05, 0) is 49.8 Å². The molecule has 2 aromatic rings. The van der Waals surface area contributed by atoms with Gasteiger partial charge in [-0.1, -0.05) is 6.92 Å². The van der Waals surface area contributed by atoms with Gasteiger partial charge < -0.3 is 19.7 Å². The molecule has 4 rings (SSSR count). The molecule has 1 fully saturated rings. The van der Waals surface area contributed by atoms with Crippen LogP contribution in [0.3, 0.4) is 0 Å². The molecule has 2 amide bonds. The molecule has 9 heteroatoms. The minimum atomic E-state index is -1.38. The molecule has 0 aliphatic carbocycles. The third kappa shape index (κ3) is 5.74. The molecule has 7 nitrogen and oxygen atoms in total. The number of amides is 2. The zero-order chi connectivity index (χ0) is 24.9. The molecule has 0 saturated carbocycles. The molecular formula is C26H27F2N3O4. The Hall–Kier alpha value is -3.59. The number of ketones is 1. The Morgan fingerprint density at radius 1 is 1.20 bits per heavy atom. The normalized spacial score (nSPS) is 17.1. The van der Waals surface area contributed by atoms with Gasteiger partial charge in [-0.25, -0.2) is 13.6 Å². The van der Waals surface area contributed by atoms with Crippen LogP contribution in [0.2, 0.25) is 0 Å². The number of nitrogens with one attached hydrogen (secondary N) is 1. The predicted molar refractivity (Wildman–Crippen MR) is 129 cm³/mol. The highest BCUT2D eigenvalue weighted by molar-refractivity contribution is 6.12. The molecule has 35 heavy (non-hydrogen) atoms. The van der Waals surface area contributed by atoms with Crippen molar-refractivity contribution in [3.8, 4) is 5.75 Å². The molecule has 2 aromatic carbocycles. The van der Waals surface area contributed by atoms with Crippen LogP contribution < -0.4 is 10.1 Å². The zero-order valence-electron chi connectivity index (χ0n) is 19.6. The van der Waals surface area contributed by atoms with Gasteiger partial charge in [0.1, 0.15) is 24.4 Å². The van der Waals surface area contributed by atoms with Crippen molar-refractivity contribution < 1.29 is 27.8 Å². The number of urea groups is 1. The molecule has 1 atom stereocenters. The van der Waals surface area contributed by atoms with Crippen LogP contribution in [-0.2, 0) is 11.3 Å². The van der Waals surface area contributed by atoms with E-state index >= 15 is 0 Å². The van der Waals surface area contributed by atoms with Crippen LogP contribution in [0.1, 0.15) is 41.8 Å². The third-order valence-electron chi connectivity index (χ3n) is 5.85. The van der Waals surface area contributed by atoms with Crippen LogP contribution in [0.4, 0.5) is 25.0 Å². The fraction of sp³-hybridized carbons (Fsp3) is 0.346. The monoisotopic (exact) mass is 483 g/mol. The molecule has 0 bridgehead atoms. The minimum absolute atomic E-state index is 0.0323. The van der Waals surface area contributed by atoms with Gasteiger partial charge in [0, 0.05) is 36.0 Å². The van der Waals surface area contributed by atoms with Gasteiger partial charge in [-0.15, -0.1) is 0 Å². The van der Waals surface area contributed by atoms with Crippen LogP contribution in [0.5, 0.6) is 5.75 Å². The Balaban J connectivity index is 1.53. The van der Waals surface area contributed by atoms with E-state index in [0.29, 0.717) is 60.1 Å². The molecule has 2 aliphatic heterocycles. The Labute approximate surface area is 202 Å². The number of benzene rings is 2. The maximum Gasteiger partial charge on any atom is 0.321 e. The Morgan fingerprint density at radius 3 is 2.69 bits per heavy atom. The van der Waals surface area contributed by atoms with Gasteiger partial charge in [-0.2, -0.15) is 0 Å². The average molecular weight is 484 g/mol. The summed E-state index contributed by atoms with van der Waals surface area (Å²) in [7, 11) is 0. The molecular weight excluding hydrogens is 456 g/mol. The third-order valence-corrected chi connectivity index (χ3v) is 5.85. The second-order valence-electron chi connectivity index (χ2n) is 8.34. The number of nitrogens with zero attached hydrogens (tertiary/aromatic N) is 2. The maximum atomic E-state index is 14.2. The van der Waals surface area contributed by atoms with Gasteiger partial charge in [0.15, 0.2) is 5.78 Å². The lowest BCUT2D eigenvalue weighted by Crippen LogP contribution is -2.43. The van der Waals surface area contributed by atoms with Crippen LogP contribution >= 0.6 is 0 Å². The van der Waals surface area contributed by atoms with Gasteiger partial charge in [0.05, 0.1) is 30.2 Å². The Kier molecular flexibility index (Phi) is 7.55. The average Bonchev–Trinajstić information content (AvgIpc) is 3.00. The lowest BCUT2D eigenvalue weighted by molar-refractivity contribution is 0.0564. The van der Waals surface area contributed by atoms with Gasteiger partial charge in [-0.3, -0.25) is 9.79 Å². The SMILES string of the molecule is CCC(F)C=C(F)C(C)=Nc1ccc2c(c1)OCc1cc(NC(=O)N3CCOCC3)ccc1C2=O. The van der Waals surface area contributed by atoms with E-state index in [-0.39, 0.29) is 30.6 Å². The number of allylic oxidation sites excluding steroid dienone is 2. The summed E-state index contributed by atoms with van der Waals surface area (Å²) in [6.07, 6.45) is -0.307. The summed E-state index contributed by atoms with van der Waals surface area (Å²) in [4.78, 5) is 31.5. The number of carbonyl (C=O) groups is 2. The summed E-state index contributed by atoms with van der Waals surface area (Å²) in [6, 6.07) is 9.58. The molecule has 1 unspecified atom stereocenters. The predicted octanol–water partition coefficient (Wildman–Crippen LogP) is 5.37. The Morgan fingerprint density at radius 2 is 1.94 bits per heavy atom. The molecule has 2 aliphatic rings. The summed E-state index contributed by atoms with van der Waals surface area (Å²) in [6.45, 7) is 5.23. The lowest BCUT2D eigenvalue weighted by Gasteiger charge is -2.27. The molecule has 0 radical (unpaired) electrons. The first-order valence-electron chi connectivity index (χ1n) is 11.5. The fourth-order valence-corrected chi connectivity index (χ4v) is 3.81. The number of anilines is 1. The highest BCUT2D eigenvalue weighted by Crippen LogP contribution is 2.33. The van der Waals surface area contributed by atoms with Gasteiger partial charge in [0.25, 0.3) is 0 Å². The summed E-state index contributed by atoms with van der Waals surface area (Å²) in [5, 5.41) is 2.86. The molecule has 0 aromatic heterocycles. The number of aliphatic imine (C=N–C) groups is 1. The number of morpholine rings is 1. The number of fused-ring (bicyclic) bond motifs is 2. The molecule has 1 N–H and O–H groups in total. The van der Waals surface area contributed by atoms with E-state index in [1.807, 2.05) is 0 Å². The van der Waals surface area contributed by atoms with Crippen molar-refractivity contribution in [2.24, 2.45) is 4.99 Å². The summed E-state index contributed by atoms with van der Waals surface area (Å²) >= 11 is 0. The number of halogens is 2. The molecule has 2 heterocycles. The topological polar surface area (TPSA) is 80.2 Å². The highest BCUT2D eigenvalue weighted by atomic mass is 19.1. The smallest absolute Gasteiger partial charge is 0.321 e. The van der Waals surface area contributed by atoms with Crippen molar-refractivity contribution in [3.63, 3.8) is 0 Å². The summed E-state index contributed by atoms with van der Waals surface area (Å²) in [5.41, 5.74) is 2.44. The first-order valence-corrected chi connectivity index (χ1v) is 11.5. The summed E-state index contributed by atoms with van der Waals surface area (Å²) in [5.74, 6) is -0.633. The highest BCUT2D eigenvalue weighted by Gasteiger charge is 2.24. The van der Waals surface area contributed by atoms with Crippen molar-refractivity contribution in [3.05, 3.63) is 65.0 Å². The van der Waals surface area contributed by atoms with E-state index in [1.54, 1.807) is 48.2 Å². The van der Waals surface area contributed by atoms with Crippen LogP contribution in [0, 0.1) is 0 Å². The number of ether oxygens (including phenoxy) is 2. The number of hydrogen-bond acceptors (Lipinski definition) is 5. The van der Waals surface area contributed by atoms with Crippen molar-refractivity contribution in [1.29, 1.82) is 0 Å². The fourth-order valence-electron chi connectivity index (χ4n) is 3.81. The summed E-state index contributed by atoms with van der Waals surface area (Å²) < 4.78 is 38.8. The van der Waals surface area contributed by atoms with E-state index in [9.17, 15) is 18.4 Å². The number of carbonyl (C=O) groups excluding carboxylic acids is 2. The molecule has 184 valence electrons. The second-order valence-corrected chi connectivity index (χ2v) is 8.34. The zero-order valence-corrected chi connectivity index (χ0v) is 19.6. The quantitative estimate of drug-likeness (QED) is 0.580. The van der Waals surface area contributed by atoms with E-state index in [0.717, 1.165) is 6.08 Å². The number of rotatable bonds is 5. The van der Waals surface area contributed by atoms with E-state index in [4.69, 9.17) is 9.47 Å². The first kappa shape index (κ1) is 24.5. The van der Waals surface area contributed by atoms with E-state index in [1.165, 1.54) is 6.92 Å². The second kappa shape index (κ2) is 10.8. The van der Waals surface area contributed by atoms with Crippen molar-refractivity contribution in [2.75, 3.05) is 31.6 Å². The first-order chi connectivity index (χ1) is 16.9. The lowest BCUT2D eigenvalue weighted by atomic mass is 9.98. The molecule has 0 spiro atoms. The largest absolute Gasteiger partial charge is 0.488 e. The van der Waals surface area contributed by atoms with Crippen molar-refractivity contribution in [2.45, 2.75) is 33.0 Å². The standard InChI is InChI=1S/C26H27F2N3O4/c1-3-18(27)13-23(28)16(2)29-20-5-7-22-24(14-20)35-15-17-12-19(4-6-21(17)25(22)32)30-26(33)31-8-10-34-11-9-31/h4-7,12-14,18H,3,8-11,15H2,1-2H3,(H,30,33). The maximum absolute atomic E-state index is 14.2. The van der Waals surface area contributed by atoms with Gasteiger partial charge in [0.2, 0.25) is 0 Å². The Bertz CT molecular complexity index is 1190. The minimum Gasteiger partial charge on any atom is -0.488 e. The van der Waals surface area contributed by atoms with E-state index < -0.39 is 12.0 Å². The van der Waals surface area contributed by atoms with Gasteiger partial charge >= 0.3 is 6.03 Å². The van der Waals surface area contributed by atoms with Crippen LogP contribution in [-0.4, -0.2) is 54.9 Å². The number of hydrogen-bond donors (Lipinski definition) is 1. The van der Waals surface area contributed by atoms with Crippen LogP contribution in [0.15, 0.2) is 53.3 Å². The van der Waals surface area contributed by atoms with Crippen LogP contribution in [0.25, 0.3) is 0 Å². The van der Waals surface area contributed by atoms with E-state index in [2.05, 4.69) is 10.3 Å².